The summed E-state index contributed by atoms with van der Waals surface area (Å²) in [6, 6.07) is 14.5. The second kappa shape index (κ2) is 8.08. The SMILES string of the molecule is CCN(CC)C(=O)COc1ccc2c(=O)c(-c3ccccc3)c(C)oc2c1. The maximum atomic E-state index is 12.9. The van der Waals surface area contributed by atoms with Crippen molar-refractivity contribution in [3.8, 4) is 16.9 Å². The van der Waals surface area contributed by atoms with Gasteiger partial charge >= 0.3 is 0 Å². The molecule has 140 valence electrons. The molecule has 0 radical (unpaired) electrons. The summed E-state index contributed by atoms with van der Waals surface area (Å²) in [5, 5.41) is 0.488. The van der Waals surface area contributed by atoms with Crippen molar-refractivity contribution >= 4 is 16.9 Å². The quantitative estimate of drug-likeness (QED) is 0.662. The summed E-state index contributed by atoms with van der Waals surface area (Å²) >= 11 is 0. The lowest BCUT2D eigenvalue weighted by Crippen LogP contribution is -2.34. The summed E-state index contributed by atoms with van der Waals surface area (Å²) in [4.78, 5) is 26.7. The van der Waals surface area contributed by atoms with Crippen LogP contribution in [0, 0.1) is 6.92 Å². The van der Waals surface area contributed by atoms with Gasteiger partial charge < -0.3 is 14.1 Å². The number of hydrogen-bond acceptors (Lipinski definition) is 4. The molecule has 1 heterocycles. The number of ether oxygens (including phenoxy) is 1. The van der Waals surface area contributed by atoms with E-state index in [1.807, 2.05) is 44.2 Å². The summed E-state index contributed by atoms with van der Waals surface area (Å²) in [5.41, 5.74) is 1.76. The van der Waals surface area contributed by atoms with Gasteiger partial charge in [-0.15, -0.1) is 0 Å². The predicted octanol–water partition coefficient (Wildman–Crippen LogP) is 4.02. The van der Waals surface area contributed by atoms with Gasteiger partial charge in [-0.1, -0.05) is 30.3 Å². The molecule has 0 atom stereocenters. The molecule has 1 amide bonds. The molecule has 0 spiro atoms. The van der Waals surface area contributed by atoms with Crippen LogP contribution in [0.25, 0.3) is 22.1 Å². The monoisotopic (exact) mass is 365 g/mol. The van der Waals surface area contributed by atoms with Crippen LogP contribution in [0.1, 0.15) is 19.6 Å². The lowest BCUT2D eigenvalue weighted by molar-refractivity contribution is -0.132. The van der Waals surface area contributed by atoms with Crippen molar-refractivity contribution in [2.24, 2.45) is 0 Å². The summed E-state index contributed by atoms with van der Waals surface area (Å²) in [5.74, 6) is 0.977. The Labute approximate surface area is 158 Å². The van der Waals surface area contributed by atoms with E-state index in [2.05, 4.69) is 0 Å². The van der Waals surface area contributed by atoms with Crippen LogP contribution in [0.5, 0.6) is 5.75 Å². The van der Waals surface area contributed by atoms with E-state index in [4.69, 9.17) is 9.15 Å². The van der Waals surface area contributed by atoms with Gasteiger partial charge in [0.2, 0.25) is 5.43 Å². The molecule has 0 aliphatic heterocycles. The first-order valence-electron chi connectivity index (χ1n) is 9.08. The number of likely N-dealkylation sites (N-methyl/N-ethyl adjacent to an activating group) is 1. The van der Waals surface area contributed by atoms with Crippen LogP contribution in [0.2, 0.25) is 0 Å². The first-order valence-corrected chi connectivity index (χ1v) is 9.08. The van der Waals surface area contributed by atoms with E-state index in [1.54, 1.807) is 30.0 Å². The second-order valence-corrected chi connectivity index (χ2v) is 6.24. The molecule has 0 aliphatic rings. The highest BCUT2D eigenvalue weighted by Crippen LogP contribution is 2.26. The van der Waals surface area contributed by atoms with Crippen molar-refractivity contribution in [3.63, 3.8) is 0 Å². The number of nitrogens with zero attached hydrogens (tertiary/aromatic N) is 1. The molecule has 0 fully saturated rings. The minimum Gasteiger partial charge on any atom is -0.484 e. The van der Waals surface area contributed by atoms with Gasteiger partial charge in [0, 0.05) is 19.2 Å². The lowest BCUT2D eigenvalue weighted by Gasteiger charge is -2.18. The van der Waals surface area contributed by atoms with Crippen LogP contribution in [0.3, 0.4) is 0 Å². The maximum absolute atomic E-state index is 12.9. The zero-order valence-corrected chi connectivity index (χ0v) is 15.8. The first kappa shape index (κ1) is 18.7. The van der Waals surface area contributed by atoms with Crippen LogP contribution in [-0.2, 0) is 4.79 Å². The van der Waals surface area contributed by atoms with Gasteiger partial charge in [-0.25, -0.2) is 0 Å². The van der Waals surface area contributed by atoms with Crippen LogP contribution >= 0.6 is 0 Å². The average molecular weight is 365 g/mol. The number of rotatable bonds is 6. The lowest BCUT2D eigenvalue weighted by atomic mass is 10.0. The molecule has 27 heavy (non-hydrogen) atoms. The molecule has 2 aromatic carbocycles. The Balaban J connectivity index is 1.91. The van der Waals surface area contributed by atoms with Crippen LogP contribution in [0.15, 0.2) is 57.7 Å². The number of benzene rings is 2. The minimum atomic E-state index is -0.0780. The third-order valence-corrected chi connectivity index (χ3v) is 4.58. The normalized spacial score (nSPS) is 10.8. The molecule has 3 aromatic rings. The molecule has 0 aliphatic carbocycles. The number of amides is 1. The molecule has 0 bridgehead atoms. The van der Waals surface area contributed by atoms with Gasteiger partial charge in [-0.05, 0) is 38.5 Å². The van der Waals surface area contributed by atoms with Crippen LogP contribution < -0.4 is 10.2 Å². The van der Waals surface area contributed by atoms with Crippen molar-refractivity contribution in [2.75, 3.05) is 19.7 Å². The van der Waals surface area contributed by atoms with E-state index >= 15 is 0 Å². The fourth-order valence-electron chi connectivity index (χ4n) is 3.13. The van der Waals surface area contributed by atoms with Gasteiger partial charge in [0.15, 0.2) is 6.61 Å². The van der Waals surface area contributed by atoms with Crippen LogP contribution in [0.4, 0.5) is 0 Å². The molecule has 0 saturated carbocycles. The second-order valence-electron chi connectivity index (χ2n) is 6.24. The zero-order valence-electron chi connectivity index (χ0n) is 15.8. The van der Waals surface area contributed by atoms with E-state index in [1.165, 1.54) is 0 Å². The van der Waals surface area contributed by atoms with E-state index < -0.39 is 0 Å². The molecule has 0 unspecified atom stereocenters. The van der Waals surface area contributed by atoms with Gasteiger partial charge in [0.05, 0.1) is 10.9 Å². The third-order valence-electron chi connectivity index (χ3n) is 4.58. The van der Waals surface area contributed by atoms with E-state index in [9.17, 15) is 9.59 Å². The van der Waals surface area contributed by atoms with Gasteiger partial charge in [-0.2, -0.15) is 0 Å². The summed E-state index contributed by atoms with van der Waals surface area (Å²) in [6.07, 6.45) is 0. The molecule has 1 aromatic heterocycles. The van der Waals surface area contributed by atoms with Crippen molar-refractivity contribution in [1.29, 1.82) is 0 Å². The Morgan fingerprint density at radius 1 is 1.07 bits per heavy atom. The Morgan fingerprint density at radius 3 is 2.44 bits per heavy atom. The highest BCUT2D eigenvalue weighted by molar-refractivity contribution is 5.84. The van der Waals surface area contributed by atoms with E-state index in [0.717, 1.165) is 5.56 Å². The molecule has 5 nitrogen and oxygen atoms in total. The fourth-order valence-corrected chi connectivity index (χ4v) is 3.13. The summed E-state index contributed by atoms with van der Waals surface area (Å²) < 4.78 is 11.5. The topological polar surface area (TPSA) is 59.8 Å². The van der Waals surface area contributed by atoms with E-state index in [-0.39, 0.29) is 17.9 Å². The number of carbonyl (C=O) groups is 1. The Bertz CT molecular complexity index is 1000. The molecule has 3 rings (SSSR count). The Hall–Kier alpha value is -3.08. The molecule has 0 saturated heterocycles. The number of aryl methyl sites for hydroxylation is 1. The average Bonchev–Trinajstić information content (AvgIpc) is 2.68. The Morgan fingerprint density at radius 2 is 1.78 bits per heavy atom. The third kappa shape index (κ3) is 3.87. The van der Waals surface area contributed by atoms with E-state index in [0.29, 0.717) is 41.1 Å². The fraction of sp³-hybridized carbons (Fsp3) is 0.273. The standard InChI is InChI=1S/C22H23NO4/c1-4-23(5-2)20(24)14-26-17-11-12-18-19(13-17)27-15(3)21(22(18)25)16-9-7-6-8-10-16/h6-13H,4-5,14H2,1-3H3. The van der Waals surface area contributed by atoms with Crippen molar-refractivity contribution in [3.05, 3.63) is 64.5 Å². The largest absolute Gasteiger partial charge is 0.484 e. The predicted molar refractivity (Wildman–Crippen MR) is 106 cm³/mol. The van der Waals surface area contributed by atoms with Crippen molar-refractivity contribution in [2.45, 2.75) is 20.8 Å². The van der Waals surface area contributed by atoms with Crippen LogP contribution in [-0.4, -0.2) is 30.5 Å². The summed E-state index contributed by atoms with van der Waals surface area (Å²) in [7, 11) is 0. The molecular formula is C22H23NO4. The first-order chi connectivity index (χ1) is 13.0. The van der Waals surface area contributed by atoms with Gasteiger partial charge in [-0.3, -0.25) is 9.59 Å². The highest BCUT2D eigenvalue weighted by Gasteiger charge is 2.15. The van der Waals surface area contributed by atoms with Crippen molar-refractivity contribution in [1.82, 2.24) is 4.90 Å². The maximum Gasteiger partial charge on any atom is 0.260 e. The smallest absolute Gasteiger partial charge is 0.260 e. The number of fused-ring (bicyclic) bond motifs is 1. The zero-order chi connectivity index (χ0) is 19.4. The molecule has 0 N–H and O–H groups in total. The summed E-state index contributed by atoms with van der Waals surface area (Å²) in [6.45, 7) is 6.89. The van der Waals surface area contributed by atoms with Gasteiger partial charge in [0.25, 0.3) is 5.91 Å². The minimum absolute atomic E-state index is 0.0432. The molecular weight excluding hydrogens is 342 g/mol. The van der Waals surface area contributed by atoms with Crippen molar-refractivity contribution < 1.29 is 13.9 Å². The Kier molecular flexibility index (Phi) is 5.60. The highest BCUT2D eigenvalue weighted by atomic mass is 16.5. The number of carbonyl (C=O) groups excluding carboxylic acids is 1. The molecule has 5 heteroatoms. The number of hydrogen-bond donors (Lipinski definition) is 0. The van der Waals surface area contributed by atoms with Gasteiger partial charge in [0.1, 0.15) is 17.1 Å².